The van der Waals surface area contributed by atoms with Crippen molar-refractivity contribution >= 4 is 5.95 Å². The molecule has 0 saturated carbocycles. The van der Waals surface area contributed by atoms with Crippen LogP contribution < -0.4 is 5.32 Å². The Morgan fingerprint density at radius 2 is 1.89 bits per heavy atom. The van der Waals surface area contributed by atoms with E-state index in [4.69, 9.17) is 0 Å². The lowest BCUT2D eigenvalue weighted by Gasteiger charge is -2.13. The van der Waals surface area contributed by atoms with Crippen molar-refractivity contribution in [3.8, 4) is 16.9 Å². The Kier molecular flexibility index (Phi) is 4.87. The first-order valence-corrected chi connectivity index (χ1v) is 8.87. The van der Waals surface area contributed by atoms with Crippen molar-refractivity contribution in [2.45, 2.75) is 19.4 Å². The number of aromatic nitrogens is 5. The van der Waals surface area contributed by atoms with Gasteiger partial charge in [0.05, 0.1) is 17.6 Å². The average Bonchev–Trinajstić information content (AvgIpc) is 3.20. The van der Waals surface area contributed by atoms with Gasteiger partial charge in [0, 0.05) is 36.4 Å². The molecule has 0 saturated heterocycles. The molecule has 27 heavy (non-hydrogen) atoms. The van der Waals surface area contributed by atoms with Gasteiger partial charge in [-0.2, -0.15) is 5.10 Å². The topological polar surface area (TPSA) is 68.5 Å². The zero-order valence-corrected chi connectivity index (χ0v) is 15.0. The molecule has 0 aliphatic heterocycles. The summed E-state index contributed by atoms with van der Waals surface area (Å²) in [5, 5.41) is 7.80. The van der Waals surface area contributed by atoms with Crippen molar-refractivity contribution in [3.63, 3.8) is 0 Å². The van der Waals surface area contributed by atoms with Crippen LogP contribution in [0.15, 0.2) is 79.5 Å². The molecule has 0 aliphatic rings. The van der Waals surface area contributed by atoms with Gasteiger partial charge in [0.1, 0.15) is 0 Å². The molecule has 6 heteroatoms. The van der Waals surface area contributed by atoms with Crippen LogP contribution in [0.5, 0.6) is 0 Å². The van der Waals surface area contributed by atoms with E-state index in [1.54, 1.807) is 12.4 Å². The van der Waals surface area contributed by atoms with Gasteiger partial charge in [-0.05, 0) is 43.2 Å². The summed E-state index contributed by atoms with van der Waals surface area (Å²) in [5.74, 6) is 0.608. The van der Waals surface area contributed by atoms with Crippen LogP contribution in [0.25, 0.3) is 16.9 Å². The highest BCUT2D eigenvalue weighted by atomic mass is 15.3. The number of pyridine rings is 1. The fourth-order valence-electron chi connectivity index (χ4n) is 2.91. The Hall–Kier alpha value is -3.54. The first-order chi connectivity index (χ1) is 13.3. The summed E-state index contributed by atoms with van der Waals surface area (Å²) in [6.07, 6.45) is 10.1. The summed E-state index contributed by atoms with van der Waals surface area (Å²) in [4.78, 5) is 13.1. The molecule has 0 amide bonds. The Balaban J connectivity index is 1.49. The zero-order chi connectivity index (χ0) is 18.5. The largest absolute Gasteiger partial charge is 0.351 e. The predicted molar refractivity (Wildman–Crippen MR) is 106 cm³/mol. The van der Waals surface area contributed by atoms with Gasteiger partial charge in [0.25, 0.3) is 0 Å². The fourth-order valence-corrected chi connectivity index (χ4v) is 2.91. The van der Waals surface area contributed by atoms with Crippen LogP contribution >= 0.6 is 0 Å². The maximum atomic E-state index is 4.64. The number of benzene rings is 1. The molecule has 0 bridgehead atoms. The van der Waals surface area contributed by atoms with Crippen LogP contribution in [-0.4, -0.2) is 30.8 Å². The predicted octanol–water partition coefficient (Wildman–Crippen LogP) is 3.77. The third-order valence-electron chi connectivity index (χ3n) is 4.19. The second-order valence-corrected chi connectivity index (χ2v) is 6.39. The molecule has 0 radical (unpaired) electrons. The molecule has 3 heterocycles. The first kappa shape index (κ1) is 16.9. The van der Waals surface area contributed by atoms with Crippen LogP contribution in [0.3, 0.4) is 0 Å². The Labute approximate surface area is 158 Å². The number of anilines is 1. The quantitative estimate of drug-likeness (QED) is 0.569. The summed E-state index contributed by atoms with van der Waals surface area (Å²) < 4.78 is 1.84. The average molecular weight is 356 g/mol. The van der Waals surface area contributed by atoms with Crippen LogP contribution in [0.4, 0.5) is 5.95 Å². The molecule has 3 aromatic heterocycles. The van der Waals surface area contributed by atoms with Crippen molar-refractivity contribution in [2.75, 3.05) is 5.32 Å². The number of hydrogen-bond donors (Lipinski definition) is 1. The maximum absolute atomic E-state index is 4.64. The lowest BCUT2D eigenvalue weighted by Crippen LogP contribution is -2.19. The third-order valence-corrected chi connectivity index (χ3v) is 4.19. The number of para-hydroxylation sites is 1. The second kappa shape index (κ2) is 7.78. The number of hydrogen-bond acceptors (Lipinski definition) is 5. The lowest BCUT2D eigenvalue weighted by molar-refractivity contribution is 0.774. The second-order valence-electron chi connectivity index (χ2n) is 6.39. The van der Waals surface area contributed by atoms with E-state index >= 15 is 0 Å². The van der Waals surface area contributed by atoms with Gasteiger partial charge in [-0.1, -0.05) is 24.3 Å². The van der Waals surface area contributed by atoms with Gasteiger partial charge in [-0.3, -0.25) is 4.98 Å². The molecule has 0 fully saturated rings. The van der Waals surface area contributed by atoms with E-state index < -0.39 is 0 Å². The molecule has 1 aromatic carbocycles. The van der Waals surface area contributed by atoms with Gasteiger partial charge in [0.2, 0.25) is 5.95 Å². The molecule has 0 unspecified atom stereocenters. The molecule has 1 N–H and O–H groups in total. The van der Waals surface area contributed by atoms with Gasteiger partial charge in [-0.25, -0.2) is 14.6 Å². The van der Waals surface area contributed by atoms with Crippen molar-refractivity contribution in [3.05, 3.63) is 85.1 Å². The molecule has 4 aromatic rings. The maximum Gasteiger partial charge on any atom is 0.223 e. The normalized spacial score (nSPS) is 11.9. The highest BCUT2D eigenvalue weighted by molar-refractivity contribution is 5.58. The minimum atomic E-state index is 0.191. The monoisotopic (exact) mass is 356 g/mol. The van der Waals surface area contributed by atoms with Crippen LogP contribution in [0.1, 0.15) is 12.5 Å². The smallest absolute Gasteiger partial charge is 0.223 e. The standard InChI is InChI=1S/C21H20N6/c1-16(12-17-6-5-10-22-13-17)25-21-23-11-9-20(26-21)18-14-24-27(15-18)19-7-3-2-4-8-19/h2-11,13-16H,12H2,1H3,(H,23,25,26)/t16-/m1/s1. The zero-order valence-electron chi connectivity index (χ0n) is 15.0. The van der Waals surface area contributed by atoms with Crippen molar-refractivity contribution < 1.29 is 0 Å². The van der Waals surface area contributed by atoms with Gasteiger partial charge in [-0.15, -0.1) is 0 Å². The van der Waals surface area contributed by atoms with E-state index in [-0.39, 0.29) is 6.04 Å². The Bertz CT molecular complexity index is 997. The van der Waals surface area contributed by atoms with Gasteiger partial charge in [0.15, 0.2) is 0 Å². The van der Waals surface area contributed by atoms with Crippen LogP contribution in [-0.2, 0) is 6.42 Å². The van der Waals surface area contributed by atoms with E-state index in [0.717, 1.165) is 23.4 Å². The first-order valence-electron chi connectivity index (χ1n) is 8.87. The lowest BCUT2D eigenvalue weighted by atomic mass is 10.1. The third kappa shape index (κ3) is 4.17. The van der Waals surface area contributed by atoms with Crippen molar-refractivity contribution in [1.29, 1.82) is 0 Å². The summed E-state index contributed by atoms with van der Waals surface area (Å²) in [7, 11) is 0. The molecular weight excluding hydrogens is 336 g/mol. The van der Waals surface area contributed by atoms with Crippen molar-refractivity contribution in [1.82, 2.24) is 24.7 Å². The van der Waals surface area contributed by atoms with E-state index in [1.807, 2.05) is 65.7 Å². The summed E-state index contributed by atoms with van der Waals surface area (Å²) in [5.41, 5.74) is 3.98. The molecular formula is C21H20N6. The fraction of sp³-hybridized carbons (Fsp3) is 0.143. The molecule has 6 nitrogen and oxygen atoms in total. The van der Waals surface area contributed by atoms with Gasteiger partial charge < -0.3 is 5.32 Å². The number of nitrogens with zero attached hydrogens (tertiary/aromatic N) is 5. The van der Waals surface area contributed by atoms with Crippen molar-refractivity contribution in [2.24, 2.45) is 0 Å². The highest BCUT2D eigenvalue weighted by Gasteiger charge is 2.09. The minimum Gasteiger partial charge on any atom is -0.351 e. The highest BCUT2D eigenvalue weighted by Crippen LogP contribution is 2.19. The van der Waals surface area contributed by atoms with E-state index in [0.29, 0.717) is 5.95 Å². The summed E-state index contributed by atoms with van der Waals surface area (Å²) in [6, 6.07) is 16.1. The molecule has 134 valence electrons. The Morgan fingerprint density at radius 1 is 1.00 bits per heavy atom. The molecule has 1 atom stereocenters. The minimum absolute atomic E-state index is 0.191. The van der Waals surface area contributed by atoms with E-state index in [9.17, 15) is 0 Å². The van der Waals surface area contributed by atoms with E-state index in [2.05, 4.69) is 38.4 Å². The summed E-state index contributed by atoms with van der Waals surface area (Å²) >= 11 is 0. The number of rotatable bonds is 6. The number of nitrogens with one attached hydrogen (secondary N) is 1. The van der Waals surface area contributed by atoms with E-state index in [1.165, 1.54) is 5.56 Å². The van der Waals surface area contributed by atoms with Gasteiger partial charge >= 0.3 is 0 Å². The van der Waals surface area contributed by atoms with Crippen LogP contribution in [0.2, 0.25) is 0 Å². The Morgan fingerprint density at radius 3 is 2.70 bits per heavy atom. The molecule has 0 aliphatic carbocycles. The molecule has 4 rings (SSSR count). The summed E-state index contributed by atoms with van der Waals surface area (Å²) in [6.45, 7) is 2.11. The van der Waals surface area contributed by atoms with Crippen LogP contribution in [0, 0.1) is 0 Å². The SMILES string of the molecule is C[C@H](Cc1cccnc1)Nc1nccc(-c2cnn(-c3ccccc3)c2)n1. The molecule has 0 spiro atoms.